The molecule has 0 aliphatic heterocycles. The molecule has 0 saturated heterocycles. The predicted octanol–water partition coefficient (Wildman–Crippen LogP) is 2.25. The maximum absolute atomic E-state index is 12.4. The first-order valence-electron chi connectivity index (χ1n) is 8.31. The summed E-state index contributed by atoms with van der Waals surface area (Å²) in [6.07, 6.45) is 3.43. The van der Waals surface area contributed by atoms with Gasteiger partial charge in [0.2, 0.25) is 5.91 Å². The fraction of sp³-hybridized carbons (Fsp3) is 0.611. The van der Waals surface area contributed by atoms with Crippen molar-refractivity contribution in [2.45, 2.75) is 45.3 Å². The van der Waals surface area contributed by atoms with Crippen molar-refractivity contribution in [3.05, 3.63) is 29.8 Å². The van der Waals surface area contributed by atoms with Crippen molar-refractivity contribution in [1.82, 2.24) is 5.32 Å². The van der Waals surface area contributed by atoms with Gasteiger partial charge in [0.1, 0.15) is 11.9 Å². The first-order chi connectivity index (χ1) is 10.5. The zero-order valence-corrected chi connectivity index (χ0v) is 13.4. The predicted molar refractivity (Wildman–Crippen MR) is 86.6 cm³/mol. The molecule has 1 aromatic rings. The summed E-state index contributed by atoms with van der Waals surface area (Å²) >= 11 is 0. The smallest absolute Gasteiger partial charge is 0.225 e. The minimum atomic E-state index is -0.0550. The van der Waals surface area contributed by atoms with Crippen molar-refractivity contribution in [3.63, 3.8) is 0 Å². The third kappa shape index (κ3) is 3.12. The molecule has 5 unspecified atom stereocenters. The van der Waals surface area contributed by atoms with Gasteiger partial charge in [-0.2, -0.15) is 0 Å². The summed E-state index contributed by atoms with van der Waals surface area (Å²) in [4.78, 5) is 12.4. The van der Waals surface area contributed by atoms with Gasteiger partial charge in [-0.3, -0.25) is 4.79 Å². The molecule has 2 fully saturated rings. The lowest BCUT2D eigenvalue weighted by Crippen LogP contribution is -2.47. The van der Waals surface area contributed by atoms with Gasteiger partial charge in [-0.1, -0.05) is 12.1 Å². The molecule has 2 aliphatic carbocycles. The molecule has 0 aromatic heterocycles. The van der Waals surface area contributed by atoms with Crippen molar-refractivity contribution in [2.75, 3.05) is 6.54 Å². The number of aryl methyl sites for hydroxylation is 1. The third-order valence-corrected chi connectivity index (χ3v) is 5.17. The molecule has 2 bridgehead atoms. The van der Waals surface area contributed by atoms with Gasteiger partial charge in [0.05, 0.1) is 12.5 Å². The standard InChI is InChI=1S/C18H26N2O2/c1-11-4-3-5-15(8-11)22-12(2)10-20-18(21)16-13-6-7-14(9-13)17(16)19/h3-5,8,12-14,16-17H,6-7,9-10,19H2,1-2H3,(H,20,21). The Labute approximate surface area is 132 Å². The summed E-state index contributed by atoms with van der Waals surface area (Å²) < 4.78 is 5.85. The Morgan fingerprint density at radius 3 is 2.86 bits per heavy atom. The molecule has 120 valence electrons. The summed E-state index contributed by atoms with van der Waals surface area (Å²) in [5.41, 5.74) is 7.39. The molecule has 0 spiro atoms. The van der Waals surface area contributed by atoms with Gasteiger partial charge >= 0.3 is 0 Å². The van der Waals surface area contributed by atoms with E-state index in [2.05, 4.69) is 5.32 Å². The molecular formula is C18H26N2O2. The van der Waals surface area contributed by atoms with E-state index in [9.17, 15) is 4.79 Å². The van der Waals surface area contributed by atoms with Crippen LogP contribution in [0.5, 0.6) is 5.75 Å². The molecular weight excluding hydrogens is 276 g/mol. The summed E-state index contributed by atoms with van der Waals surface area (Å²) in [5.74, 6) is 2.01. The fourth-order valence-corrected chi connectivity index (χ4v) is 4.05. The van der Waals surface area contributed by atoms with Crippen LogP contribution in [0.2, 0.25) is 0 Å². The van der Waals surface area contributed by atoms with Crippen LogP contribution < -0.4 is 15.8 Å². The van der Waals surface area contributed by atoms with E-state index >= 15 is 0 Å². The van der Waals surface area contributed by atoms with Crippen LogP contribution in [0.25, 0.3) is 0 Å². The van der Waals surface area contributed by atoms with Gasteiger partial charge < -0.3 is 15.8 Å². The molecule has 3 rings (SSSR count). The molecule has 4 nitrogen and oxygen atoms in total. The third-order valence-electron chi connectivity index (χ3n) is 5.17. The van der Waals surface area contributed by atoms with Crippen LogP contribution in [0.1, 0.15) is 31.7 Å². The monoisotopic (exact) mass is 302 g/mol. The van der Waals surface area contributed by atoms with Gasteiger partial charge in [-0.05, 0) is 62.6 Å². The van der Waals surface area contributed by atoms with Gasteiger partial charge in [0.15, 0.2) is 0 Å². The van der Waals surface area contributed by atoms with Crippen LogP contribution in [0.15, 0.2) is 24.3 Å². The highest BCUT2D eigenvalue weighted by atomic mass is 16.5. The number of benzene rings is 1. The topological polar surface area (TPSA) is 64.3 Å². The molecule has 22 heavy (non-hydrogen) atoms. The van der Waals surface area contributed by atoms with E-state index in [1.54, 1.807) is 0 Å². The molecule has 4 heteroatoms. The van der Waals surface area contributed by atoms with Crippen LogP contribution in [-0.4, -0.2) is 24.6 Å². The van der Waals surface area contributed by atoms with Gasteiger partial charge in [0.25, 0.3) is 0 Å². The fourth-order valence-electron chi connectivity index (χ4n) is 4.05. The van der Waals surface area contributed by atoms with E-state index in [0.717, 1.165) is 18.6 Å². The number of carbonyl (C=O) groups excluding carboxylic acids is 1. The van der Waals surface area contributed by atoms with Gasteiger partial charge in [-0.15, -0.1) is 0 Å². The largest absolute Gasteiger partial charge is 0.489 e. The highest BCUT2D eigenvalue weighted by molar-refractivity contribution is 5.80. The number of carbonyl (C=O) groups is 1. The van der Waals surface area contributed by atoms with E-state index < -0.39 is 0 Å². The van der Waals surface area contributed by atoms with Gasteiger partial charge in [-0.25, -0.2) is 0 Å². The average molecular weight is 302 g/mol. The molecule has 0 heterocycles. The number of fused-ring (bicyclic) bond motifs is 2. The highest BCUT2D eigenvalue weighted by Crippen LogP contribution is 2.47. The van der Waals surface area contributed by atoms with E-state index in [-0.39, 0.29) is 24.0 Å². The number of hydrogen-bond acceptors (Lipinski definition) is 3. The summed E-state index contributed by atoms with van der Waals surface area (Å²) in [6.45, 7) is 4.53. The van der Waals surface area contributed by atoms with Crippen molar-refractivity contribution >= 4 is 5.91 Å². The van der Waals surface area contributed by atoms with Crippen molar-refractivity contribution in [1.29, 1.82) is 0 Å². The number of amides is 1. The maximum Gasteiger partial charge on any atom is 0.225 e. The summed E-state index contributed by atoms with van der Waals surface area (Å²) in [6, 6.07) is 8.01. The zero-order valence-electron chi connectivity index (χ0n) is 13.4. The molecule has 2 aliphatic rings. The number of rotatable bonds is 5. The van der Waals surface area contributed by atoms with Crippen LogP contribution in [-0.2, 0) is 4.79 Å². The van der Waals surface area contributed by atoms with E-state index in [4.69, 9.17) is 10.5 Å². The number of ether oxygens (including phenoxy) is 1. The minimum absolute atomic E-state index is 0.00456. The molecule has 0 radical (unpaired) electrons. The SMILES string of the molecule is Cc1cccc(OC(C)CNC(=O)C2C3CCC(C3)C2N)c1. The molecule has 1 aromatic carbocycles. The molecule has 3 N–H and O–H groups in total. The number of nitrogens with one attached hydrogen (secondary N) is 1. The second-order valence-electron chi connectivity index (χ2n) is 6.93. The molecule has 2 saturated carbocycles. The first-order valence-corrected chi connectivity index (χ1v) is 8.31. The van der Waals surface area contributed by atoms with Gasteiger partial charge in [0, 0.05) is 6.04 Å². The average Bonchev–Trinajstić information content (AvgIpc) is 3.05. The Kier molecular flexibility index (Phi) is 4.39. The Balaban J connectivity index is 1.49. The van der Waals surface area contributed by atoms with E-state index in [1.807, 2.05) is 38.1 Å². The summed E-state index contributed by atoms with van der Waals surface area (Å²) in [5, 5.41) is 3.03. The zero-order chi connectivity index (χ0) is 15.7. The van der Waals surface area contributed by atoms with Crippen molar-refractivity contribution in [3.8, 4) is 5.75 Å². The lowest BCUT2D eigenvalue weighted by atomic mass is 9.84. The van der Waals surface area contributed by atoms with Crippen LogP contribution >= 0.6 is 0 Å². The number of hydrogen-bond donors (Lipinski definition) is 2. The van der Waals surface area contributed by atoms with Crippen LogP contribution in [0.3, 0.4) is 0 Å². The van der Waals surface area contributed by atoms with Crippen LogP contribution in [0.4, 0.5) is 0 Å². The minimum Gasteiger partial charge on any atom is -0.489 e. The molecule has 5 atom stereocenters. The second-order valence-corrected chi connectivity index (χ2v) is 6.93. The Hall–Kier alpha value is -1.55. The quantitative estimate of drug-likeness (QED) is 0.877. The summed E-state index contributed by atoms with van der Waals surface area (Å²) in [7, 11) is 0. The second kappa shape index (κ2) is 6.29. The van der Waals surface area contributed by atoms with Crippen molar-refractivity contribution < 1.29 is 9.53 Å². The lowest BCUT2D eigenvalue weighted by Gasteiger charge is -2.27. The lowest BCUT2D eigenvalue weighted by molar-refractivity contribution is -0.127. The van der Waals surface area contributed by atoms with Crippen LogP contribution in [0, 0.1) is 24.7 Å². The number of nitrogens with two attached hydrogens (primary N) is 1. The maximum atomic E-state index is 12.4. The Morgan fingerprint density at radius 1 is 1.41 bits per heavy atom. The van der Waals surface area contributed by atoms with Crippen molar-refractivity contribution in [2.24, 2.45) is 23.5 Å². The van der Waals surface area contributed by atoms with E-state index in [1.165, 1.54) is 12.0 Å². The molecule has 1 amide bonds. The van der Waals surface area contributed by atoms with E-state index in [0.29, 0.717) is 18.4 Å². The normalized spacial score (nSPS) is 31.0. The Morgan fingerprint density at radius 2 is 2.18 bits per heavy atom. The highest BCUT2D eigenvalue weighted by Gasteiger charge is 2.48. The first kappa shape index (κ1) is 15.3. The Bertz CT molecular complexity index is 544.